The lowest BCUT2D eigenvalue weighted by atomic mass is 10.0. The normalized spacial score (nSPS) is 15.4. The van der Waals surface area contributed by atoms with E-state index in [0.717, 1.165) is 0 Å². The molecule has 15 heavy (non-hydrogen) atoms. The van der Waals surface area contributed by atoms with Crippen LogP contribution in [0.4, 0.5) is 0 Å². The van der Waals surface area contributed by atoms with Crippen LogP contribution in [0, 0.1) is 5.21 Å². The maximum atomic E-state index is 10.9. The van der Waals surface area contributed by atoms with Crippen LogP contribution in [0.1, 0.15) is 18.6 Å². The molecule has 0 aliphatic rings. The molecule has 2 aromatic rings. The van der Waals surface area contributed by atoms with E-state index in [-0.39, 0.29) is 0 Å². The van der Waals surface area contributed by atoms with E-state index in [2.05, 4.69) is 0 Å². The molecule has 0 fully saturated rings. The largest absolute Gasteiger partial charge is 0.619 e. The van der Waals surface area contributed by atoms with Gasteiger partial charge in [-0.25, -0.2) is 0 Å². The molecule has 1 unspecified atom stereocenters. The van der Waals surface area contributed by atoms with Crippen LogP contribution >= 0.6 is 0 Å². The molecule has 0 aliphatic heterocycles. The van der Waals surface area contributed by atoms with Crippen LogP contribution in [0.25, 0.3) is 0 Å². The van der Waals surface area contributed by atoms with Gasteiger partial charge in [0.15, 0.2) is 12.4 Å². The molecule has 0 amide bonds. The molecular formula is C12H11NO2. The van der Waals surface area contributed by atoms with Crippen LogP contribution in [0.5, 0.6) is 0 Å². The highest BCUT2D eigenvalue weighted by atomic mass is 16.5. The first-order chi connectivity index (χ1) is 7.60. The zero-order valence-corrected chi connectivity index (χ0v) is 8.00. The van der Waals surface area contributed by atoms with Crippen LogP contribution in [0.3, 0.4) is 0 Å². The number of aromatic nitrogens is 1. The first-order valence-corrected chi connectivity index (χ1v) is 4.58. The third-order valence-electron chi connectivity index (χ3n) is 2.12. The van der Waals surface area contributed by atoms with Crippen LogP contribution in [-0.4, -0.2) is 5.11 Å². The van der Waals surface area contributed by atoms with Crippen molar-refractivity contribution in [3.8, 4) is 0 Å². The number of pyridine rings is 1. The molecule has 0 radical (unpaired) electrons. The van der Waals surface area contributed by atoms with Crippen molar-refractivity contribution in [2.75, 3.05) is 0 Å². The minimum absolute atomic E-state index is 0.366. The van der Waals surface area contributed by atoms with E-state index in [1.807, 2.05) is 6.07 Å². The maximum absolute atomic E-state index is 10.9. The Balaban J connectivity index is 2.43. The molecule has 1 aromatic carbocycles. The van der Waals surface area contributed by atoms with E-state index in [1.54, 1.807) is 24.3 Å². The second-order valence-corrected chi connectivity index (χ2v) is 3.16. The molecule has 76 valence electrons. The molecule has 2 rings (SSSR count). The summed E-state index contributed by atoms with van der Waals surface area (Å²) in [4.78, 5) is 0. The number of nitrogens with zero attached hydrogens (tertiary/aromatic N) is 1. The van der Waals surface area contributed by atoms with E-state index >= 15 is 0 Å². The van der Waals surface area contributed by atoms with E-state index in [1.165, 1.54) is 24.5 Å². The number of aliphatic hydroxyl groups is 1. The van der Waals surface area contributed by atoms with Crippen molar-refractivity contribution >= 4 is 0 Å². The summed E-state index contributed by atoms with van der Waals surface area (Å²) in [5, 5.41) is 21.0. The number of hydrogen-bond acceptors (Lipinski definition) is 2. The Morgan fingerprint density at radius 2 is 1.60 bits per heavy atom. The zero-order chi connectivity index (χ0) is 11.6. The predicted molar refractivity (Wildman–Crippen MR) is 55.9 cm³/mol. The number of rotatable bonds is 2. The minimum Gasteiger partial charge on any atom is -0.619 e. The lowest BCUT2D eigenvalue weighted by Gasteiger charge is -2.10. The van der Waals surface area contributed by atoms with E-state index < -0.39 is 6.08 Å². The quantitative estimate of drug-likeness (QED) is 0.591. The van der Waals surface area contributed by atoms with Gasteiger partial charge in [-0.3, -0.25) is 0 Å². The van der Waals surface area contributed by atoms with E-state index in [0.29, 0.717) is 15.9 Å². The summed E-state index contributed by atoms with van der Waals surface area (Å²) in [7, 11) is 0. The van der Waals surface area contributed by atoms with Crippen LogP contribution in [0.15, 0.2) is 54.9 Å². The van der Waals surface area contributed by atoms with Crippen molar-refractivity contribution in [3.63, 3.8) is 0 Å². The van der Waals surface area contributed by atoms with Gasteiger partial charge in [-0.05, 0) is 11.1 Å². The molecular weight excluding hydrogens is 190 g/mol. The summed E-state index contributed by atoms with van der Waals surface area (Å²) in [6.07, 6.45) is 0.699. The molecule has 1 atom stereocenters. The van der Waals surface area contributed by atoms with E-state index in [4.69, 9.17) is 1.37 Å². The van der Waals surface area contributed by atoms with Crippen LogP contribution < -0.4 is 4.73 Å². The van der Waals surface area contributed by atoms with Gasteiger partial charge in [-0.1, -0.05) is 30.3 Å². The van der Waals surface area contributed by atoms with Gasteiger partial charge in [-0.2, -0.15) is 4.73 Å². The summed E-state index contributed by atoms with van der Waals surface area (Å²) >= 11 is 0. The smallest absolute Gasteiger partial charge is 0.180 e. The third kappa shape index (κ3) is 2.14. The Morgan fingerprint density at radius 1 is 1.07 bits per heavy atom. The fourth-order valence-corrected chi connectivity index (χ4v) is 1.33. The zero-order valence-electron chi connectivity index (χ0n) is 9.00. The lowest BCUT2D eigenvalue weighted by Crippen LogP contribution is -2.24. The molecule has 0 aliphatic carbocycles. The first-order valence-electron chi connectivity index (χ1n) is 5.08. The van der Waals surface area contributed by atoms with Gasteiger partial charge in [0.2, 0.25) is 0 Å². The average molecular weight is 202 g/mol. The SMILES string of the molecule is [2H]C(O)(c1ccccc1)c1cc[n+]([O-])cc1. The lowest BCUT2D eigenvalue weighted by molar-refractivity contribution is -0.605. The summed E-state index contributed by atoms with van der Waals surface area (Å²) in [5.41, 5.74) is 0.837. The Bertz CT molecular complexity index is 468. The van der Waals surface area contributed by atoms with Gasteiger partial charge < -0.3 is 10.3 Å². The van der Waals surface area contributed by atoms with Gasteiger partial charge in [0.05, 0.1) is 1.37 Å². The van der Waals surface area contributed by atoms with Crippen LogP contribution in [0.2, 0.25) is 0 Å². The van der Waals surface area contributed by atoms with Gasteiger partial charge in [0.25, 0.3) is 0 Å². The summed E-state index contributed by atoms with van der Waals surface area (Å²) in [5.74, 6) is 0. The van der Waals surface area contributed by atoms with Crippen molar-refractivity contribution in [1.82, 2.24) is 0 Å². The Labute approximate surface area is 89.2 Å². The van der Waals surface area contributed by atoms with Crippen molar-refractivity contribution in [2.45, 2.75) is 6.08 Å². The Hall–Kier alpha value is -1.87. The molecule has 0 spiro atoms. The monoisotopic (exact) mass is 202 g/mol. The fourth-order valence-electron chi connectivity index (χ4n) is 1.33. The second kappa shape index (κ2) is 4.11. The molecule has 1 heterocycles. The van der Waals surface area contributed by atoms with Gasteiger partial charge in [0.1, 0.15) is 6.08 Å². The van der Waals surface area contributed by atoms with Crippen molar-refractivity contribution in [3.05, 3.63) is 71.2 Å². The van der Waals surface area contributed by atoms with Crippen molar-refractivity contribution in [2.24, 2.45) is 0 Å². The molecule has 1 aromatic heterocycles. The molecule has 3 heteroatoms. The highest BCUT2D eigenvalue weighted by Crippen LogP contribution is 2.19. The Morgan fingerprint density at radius 3 is 2.20 bits per heavy atom. The van der Waals surface area contributed by atoms with Gasteiger partial charge >= 0.3 is 0 Å². The topological polar surface area (TPSA) is 47.2 Å². The fraction of sp³-hybridized carbons (Fsp3) is 0.0833. The number of benzene rings is 1. The highest BCUT2D eigenvalue weighted by Gasteiger charge is 2.10. The standard InChI is InChI=1S/C12H11NO2/c14-12(10-4-2-1-3-5-10)11-6-8-13(15)9-7-11/h1-9,12,14H/i12D. The molecule has 1 N–H and O–H groups in total. The third-order valence-corrected chi connectivity index (χ3v) is 2.12. The highest BCUT2D eigenvalue weighted by molar-refractivity contribution is 5.27. The van der Waals surface area contributed by atoms with Gasteiger partial charge in [0, 0.05) is 12.1 Å². The number of hydrogen-bond donors (Lipinski definition) is 1. The minimum atomic E-state index is -1.82. The van der Waals surface area contributed by atoms with Crippen molar-refractivity contribution < 1.29 is 11.2 Å². The van der Waals surface area contributed by atoms with E-state index in [9.17, 15) is 10.3 Å². The summed E-state index contributed by atoms with van der Waals surface area (Å²) in [6.45, 7) is 0. The predicted octanol–water partition coefficient (Wildman–Crippen LogP) is 1.40. The summed E-state index contributed by atoms with van der Waals surface area (Å²) < 4.78 is 8.54. The molecule has 0 saturated carbocycles. The average Bonchev–Trinajstić information content (AvgIpc) is 2.31. The Kier molecular flexibility index (Phi) is 2.31. The van der Waals surface area contributed by atoms with Gasteiger partial charge in [-0.15, -0.1) is 0 Å². The first kappa shape index (κ1) is 8.44. The summed E-state index contributed by atoms with van der Waals surface area (Å²) in [6, 6.07) is 11.5. The molecule has 0 saturated heterocycles. The van der Waals surface area contributed by atoms with Crippen molar-refractivity contribution in [1.29, 1.82) is 0 Å². The maximum Gasteiger partial charge on any atom is 0.180 e. The van der Waals surface area contributed by atoms with Crippen LogP contribution in [-0.2, 0) is 0 Å². The second-order valence-electron chi connectivity index (χ2n) is 3.16. The molecule has 0 bridgehead atoms. The molecule has 3 nitrogen and oxygen atoms in total.